The molecule has 3 rings (SSSR count). The Labute approximate surface area is 116 Å². The summed E-state index contributed by atoms with van der Waals surface area (Å²) in [6, 6.07) is 0. The van der Waals surface area contributed by atoms with E-state index in [4.69, 9.17) is 20.9 Å². The van der Waals surface area contributed by atoms with E-state index in [1.807, 2.05) is 27.7 Å². The first-order chi connectivity index (χ1) is 8.80. The Morgan fingerprint density at radius 3 is 2.42 bits per heavy atom. The van der Waals surface area contributed by atoms with Gasteiger partial charge in [0.1, 0.15) is 5.52 Å². The first-order valence-corrected chi connectivity index (χ1v) is 6.40. The lowest BCUT2D eigenvalue weighted by Crippen LogP contribution is -2.41. The van der Waals surface area contributed by atoms with Crippen LogP contribution in [-0.4, -0.2) is 38.3 Å². The van der Waals surface area contributed by atoms with Crippen LogP contribution in [0.1, 0.15) is 27.7 Å². The van der Waals surface area contributed by atoms with Crippen LogP contribution in [-0.2, 0) is 9.31 Å². The van der Waals surface area contributed by atoms with Gasteiger partial charge in [-0.1, -0.05) is 11.6 Å². The Hall–Kier alpha value is -1.18. The van der Waals surface area contributed by atoms with Crippen molar-refractivity contribution >= 4 is 35.6 Å². The van der Waals surface area contributed by atoms with Crippen LogP contribution in [0, 0.1) is 0 Å². The van der Waals surface area contributed by atoms with E-state index in [2.05, 4.69) is 19.9 Å². The van der Waals surface area contributed by atoms with E-state index in [1.54, 1.807) is 0 Å². The molecule has 1 saturated heterocycles. The number of fused-ring (bicyclic) bond motifs is 1. The zero-order valence-electron chi connectivity index (χ0n) is 11.2. The molecule has 0 spiro atoms. The molecule has 2 aromatic rings. The van der Waals surface area contributed by atoms with Crippen LogP contribution in [0.15, 0.2) is 6.33 Å². The minimum absolute atomic E-state index is 0.312. The maximum absolute atomic E-state index is 6.09. The summed E-state index contributed by atoms with van der Waals surface area (Å²) in [4.78, 5) is 15.5. The molecule has 1 N–H and O–H groups in total. The molecule has 1 fully saturated rings. The van der Waals surface area contributed by atoms with Crippen molar-refractivity contribution in [2.45, 2.75) is 38.9 Å². The van der Waals surface area contributed by atoms with Gasteiger partial charge in [0.2, 0.25) is 0 Å². The molecule has 0 radical (unpaired) electrons. The summed E-state index contributed by atoms with van der Waals surface area (Å²) in [6.07, 6.45) is 1.53. The van der Waals surface area contributed by atoms with Crippen molar-refractivity contribution in [3.63, 3.8) is 0 Å². The fourth-order valence-corrected chi connectivity index (χ4v) is 2.09. The number of imidazole rings is 1. The molecule has 3 heterocycles. The fraction of sp³-hybridized carbons (Fsp3) is 0.545. The van der Waals surface area contributed by atoms with Gasteiger partial charge in [0.05, 0.1) is 17.5 Å². The van der Waals surface area contributed by atoms with Crippen molar-refractivity contribution in [1.29, 1.82) is 0 Å². The van der Waals surface area contributed by atoms with Crippen LogP contribution < -0.4 is 5.72 Å². The van der Waals surface area contributed by atoms with Crippen molar-refractivity contribution in [2.75, 3.05) is 0 Å². The normalized spacial score (nSPS) is 21.2. The van der Waals surface area contributed by atoms with E-state index in [0.29, 0.717) is 22.0 Å². The fourth-order valence-electron chi connectivity index (χ4n) is 1.87. The third-order valence-corrected chi connectivity index (χ3v) is 4.00. The van der Waals surface area contributed by atoms with Gasteiger partial charge in [-0.2, -0.15) is 0 Å². The Morgan fingerprint density at radius 2 is 1.79 bits per heavy atom. The van der Waals surface area contributed by atoms with Gasteiger partial charge < -0.3 is 14.3 Å². The summed E-state index contributed by atoms with van der Waals surface area (Å²) in [5.74, 6) is 0. The summed E-state index contributed by atoms with van der Waals surface area (Å²) in [7, 11) is -0.636. The monoisotopic (exact) mass is 280 g/mol. The standard InChI is InChI=1S/C11H14BClN4O2/c1-10(2)11(3,4)19-12(18-10)9-16-7(13)6-8(17-9)15-5-14-6/h5H,1-4H3,(H,14,15,16,17). The van der Waals surface area contributed by atoms with E-state index >= 15 is 0 Å². The molecule has 0 unspecified atom stereocenters. The molecule has 0 atom stereocenters. The molecule has 6 nitrogen and oxygen atoms in total. The minimum Gasteiger partial charge on any atom is -0.397 e. The molecule has 19 heavy (non-hydrogen) atoms. The smallest absolute Gasteiger partial charge is 0.397 e. The summed E-state index contributed by atoms with van der Waals surface area (Å²) < 4.78 is 11.8. The highest BCUT2D eigenvalue weighted by Crippen LogP contribution is 2.36. The molecule has 8 heteroatoms. The second-order valence-corrected chi connectivity index (χ2v) is 5.92. The van der Waals surface area contributed by atoms with Crippen LogP contribution in [0.4, 0.5) is 0 Å². The molecular weight excluding hydrogens is 266 g/mol. The van der Waals surface area contributed by atoms with Crippen LogP contribution in [0.25, 0.3) is 11.2 Å². The zero-order valence-corrected chi connectivity index (χ0v) is 11.9. The van der Waals surface area contributed by atoms with E-state index < -0.39 is 18.3 Å². The average molecular weight is 281 g/mol. The number of hydrogen-bond acceptors (Lipinski definition) is 5. The molecule has 0 saturated carbocycles. The lowest BCUT2D eigenvalue weighted by Gasteiger charge is -2.32. The summed E-state index contributed by atoms with van der Waals surface area (Å²) in [6.45, 7) is 7.90. The molecule has 0 aliphatic carbocycles. The van der Waals surface area contributed by atoms with E-state index in [9.17, 15) is 0 Å². The zero-order chi connectivity index (χ0) is 13.8. The minimum atomic E-state index is -0.636. The van der Waals surface area contributed by atoms with Crippen molar-refractivity contribution in [1.82, 2.24) is 19.9 Å². The average Bonchev–Trinajstić information content (AvgIpc) is 2.82. The highest BCUT2D eigenvalue weighted by atomic mass is 35.5. The highest BCUT2D eigenvalue weighted by molar-refractivity contribution is 6.60. The van der Waals surface area contributed by atoms with Crippen molar-refractivity contribution < 1.29 is 9.31 Å². The first kappa shape index (κ1) is 12.8. The maximum Gasteiger partial charge on any atom is 0.534 e. The molecule has 1 aliphatic rings. The lowest BCUT2D eigenvalue weighted by molar-refractivity contribution is 0.00578. The maximum atomic E-state index is 6.09. The number of nitrogens with zero attached hydrogens (tertiary/aromatic N) is 3. The molecule has 0 bridgehead atoms. The number of nitrogens with one attached hydrogen (secondary N) is 1. The van der Waals surface area contributed by atoms with Crippen LogP contribution >= 0.6 is 11.6 Å². The van der Waals surface area contributed by atoms with Gasteiger partial charge in [-0.3, -0.25) is 0 Å². The second kappa shape index (κ2) is 3.91. The van der Waals surface area contributed by atoms with Gasteiger partial charge in [0.15, 0.2) is 16.5 Å². The Bertz CT molecular complexity index is 627. The quantitative estimate of drug-likeness (QED) is 0.630. The Balaban J connectivity index is 2.02. The van der Waals surface area contributed by atoms with Gasteiger partial charge in [-0.05, 0) is 27.7 Å². The summed E-state index contributed by atoms with van der Waals surface area (Å²) >= 11 is 6.09. The molecule has 2 aromatic heterocycles. The number of aromatic amines is 1. The number of halogens is 1. The second-order valence-electron chi connectivity index (χ2n) is 5.56. The lowest BCUT2D eigenvalue weighted by atomic mass is 9.89. The summed E-state index contributed by atoms with van der Waals surface area (Å²) in [5, 5.41) is 0.312. The molecule has 0 amide bonds. The van der Waals surface area contributed by atoms with Gasteiger partial charge in [-0.15, -0.1) is 0 Å². The number of H-pyrrole nitrogens is 1. The summed E-state index contributed by atoms with van der Waals surface area (Å²) in [5.41, 5.74) is 0.636. The third-order valence-electron chi connectivity index (χ3n) is 3.72. The Kier molecular flexibility index (Phi) is 2.64. The van der Waals surface area contributed by atoms with Gasteiger partial charge >= 0.3 is 7.12 Å². The van der Waals surface area contributed by atoms with Gasteiger partial charge in [0, 0.05) is 0 Å². The Morgan fingerprint density at radius 1 is 1.16 bits per heavy atom. The van der Waals surface area contributed by atoms with Crippen molar-refractivity contribution in [2.24, 2.45) is 0 Å². The van der Waals surface area contributed by atoms with Gasteiger partial charge in [-0.25, -0.2) is 15.0 Å². The number of aromatic nitrogens is 4. The van der Waals surface area contributed by atoms with Crippen molar-refractivity contribution in [3.05, 3.63) is 11.5 Å². The SMILES string of the molecule is CC1(C)OB(c2nc(Cl)c3[nH]cnc3n2)OC1(C)C. The topological polar surface area (TPSA) is 72.9 Å². The predicted molar refractivity (Wildman–Crippen MR) is 72.4 cm³/mol. The first-order valence-electron chi connectivity index (χ1n) is 6.02. The molecule has 1 aliphatic heterocycles. The van der Waals surface area contributed by atoms with E-state index in [-0.39, 0.29) is 0 Å². The third kappa shape index (κ3) is 1.93. The molecular formula is C11H14BClN4O2. The van der Waals surface area contributed by atoms with Crippen molar-refractivity contribution in [3.8, 4) is 0 Å². The van der Waals surface area contributed by atoms with Crippen LogP contribution in [0.3, 0.4) is 0 Å². The van der Waals surface area contributed by atoms with E-state index in [1.165, 1.54) is 6.33 Å². The van der Waals surface area contributed by atoms with Gasteiger partial charge in [0.25, 0.3) is 0 Å². The largest absolute Gasteiger partial charge is 0.534 e. The van der Waals surface area contributed by atoms with E-state index in [0.717, 1.165) is 0 Å². The molecule has 0 aromatic carbocycles. The van der Waals surface area contributed by atoms with Crippen LogP contribution in [0.2, 0.25) is 5.15 Å². The highest BCUT2D eigenvalue weighted by Gasteiger charge is 2.53. The number of rotatable bonds is 1. The van der Waals surface area contributed by atoms with Crippen LogP contribution in [0.5, 0.6) is 0 Å². The predicted octanol–water partition coefficient (Wildman–Crippen LogP) is 1.31. The number of hydrogen-bond donors (Lipinski definition) is 1. The molecule has 100 valence electrons.